The van der Waals surface area contributed by atoms with Gasteiger partial charge >= 0.3 is 18.1 Å². The molecule has 0 aliphatic carbocycles. The molecule has 1 heterocycles. The van der Waals surface area contributed by atoms with Crippen LogP contribution in [0.15, 0.2) is 0 Å². The molecule has 1 aliphatic rings. The Labute approximate surface area is 117 Å². The van der Waals surface area contributed by atoms with Gasteiger partial charge in [0.25, 0.3) is 0 Å². The molecule has 0 saturated carbocycles. The number of likely N-dealkylation sites (tertiary alicyclic amines) is 1. The molecule has 114 valence electrons. The first-order valence-corrected chi connectivity index (χ1v) is 6.65. The van der Waals surface area contributed by atoms with Gasteiger partial charge in [0.05, 0.1) is 6.54 Å². The largest absolute Gasteiger partial charge is 0.480 e. The highest BCUT2D eigenvalue weighted by atomic mass is 16.5. The van der Waals surface area contributed by atoms with Gasteiger partial charge in [-0.25, -0.2) is 14.4 Å². The monoisotopic (exact) mass is 287 g/mol. The molecule has 4 N–H and O–H groups in total. The van der Waals surface area contributed by atoms with Gasteiger partial charge in [-0.2, -0.15) is 0 Å². The van der Waals surface area contributed by atoms with Crippen LogP contribution in [0, 0.1) is 5.92 Å². The van der Waals surface area contributed by atoms with Gasteiger partial charge in [0.1, 0.15) is 12.6 Å². The molecule has 1 rings (SSSR count). The summed E-state index contributed by atoms with van der Waals surface area (Å²) in [6.07, 6.45) is 1.26. The SMILES string of the molecule is CCC1CCN(C(=O)NCCOC(N)=O)C(C(=O)O)C1. The van der Waals surface area contributed by atoms with E-state index in [9.17, 15) is 19.5 Å². The molecular formula is C12H21N3O5. The van der Waals surface area contributed by atoms with E-state index in [1.54, 1.807) is 0 Å². The average Bonchev–Trinajstić information content (AvgIpc) is 2.42. The van der Waals surface area contributed by atoms with E-state index in [2.05, 4.69) is 10.1 Å². The van der Waals surface area contributed by atoms with E-state index in [0.29, 0.717) is 18.9 Å². The number of amides is 3. The van der Waals surface area contributed by atoms with Crippen LogP contribution in [0.4, 0.5) is 9.59 Å². The Kier molecular flexibility index (Phi) is 6.08. The lowest BCUT2D eigenvalue weighted by molar-refractivity contribution is -0.144. The second-order valence-corrected chi connectivity index (χ2v) is 4.75. The van der Waals surface area contributed by atoms with Crippen molar-refractivity contribution in [3.8, 4) is 0 Å². The number of nitrogens with one attached hydrogen (secondary N) is 1. The Balaban J connectivity index is 2.48. The van der Waals surface area contributed by atoms with Crippen LogP contribution < -0.4 is 11.1 Å². The van der Waals surface area contributed by atoms with E-state index in [4.69, 9.17) is 5.73 Å². The second kappa shape index (κ2) is 7.56. The minimum absolute atomic E-state index is 0.0375. The number of hydrogen-bond acceptors (Lipinski definition) is 4. The summed E-state index contributed by atoms with van der Waals surface area (Å²) in [7, 11) is 0. The first-order valence-electron chi connectivity index (χ1n) is 6.65. The highest BCUT2D eigenvalue weighted by Gasteiger charge is 2.35. The maximum Gasteiger partial charge on any atom is 0.404 e. The molecule has 3 amide bonds. The van der Waals surface area contributed by atoms with Crippen LogP contribution in [0.25, 0.3) is 0 Å². The van der Waals surface area contributed by atoms with Gasteiger partial charge in [0.2, 0.25) is 0 Å². The van der Waals surface area contributed by atoms with Gasteiger partial charge in [0, 0.05) is 6.54 Å². The summed E-state index contributed by atoms with van der Waals surface area (Å²) in [6, 6.07) is -1.26. The van der Waals surface area contributed by atoms with Gasteiger partial charge < -0.3 is 25.8 Å². The number of carboxylic acids is 1. The lowest BCUT2D eigenvalue weighted by atomic mass is 9.89. The number of nitrogens with two attached hydrogens (primary N) is 1. The van der Waals surface area contributed by atoms with Crippen LogP contribution in [0.2, 0.25) is 0 Å². The first-order chi connectivity index (χ1) is 9.45. The maximum absolute atomic E-state index is 11.9. The molecule has 0 aromatic carbocycles. The molecular weight excluding hydrogens is 266 g/mol. The molecule has 0 aromatic rings. The number of carboxylic acid groups (broad SMARTS) is 1. The molecule has 0 bridgehead atoms. The molecule has 0 spiro atoms. The van der Waals surface area contributed by atoms with E-state index in [-0.39, 0.29) is 13.2 Å². The molecule has 2 atom stereocenters. The van der Waals surface area contributed by atoms with Gasteiger partial charge in [0.15, 0.2) is 0 Å². The minimum Gasteiger partial charge on any atom is -0.480 e. The van der Waals surface area contributed by atoms with Gasteiger partial charge in [-0.05, 0) is 18.8 Å². The number of carbonyl (C=O) groups excluding carboxylic acids is 2. The third-order valence-corrected chi connectivity index (χ3v) is 3.46. The van der Waals surface area contributed by atoms with E-state index in [1.807, 2.05) is 6.92 Å². The van der Waals surface area contributed by atoms with Crippen molar-refractivity contribution < 1.29 is 24.2 Å². The number of urea groups is 1. The van der Waals surface area contributed by atoms with Crippen molar-refractivity contribution in [1.82, 2.24) is 10.2 Å². The van der Waals surface area contributed by atoms with Crippen molar-refractivity contribution in [2.75, 3.05) is 19.7 Å². The zero-order chi connectivity index (χ0) is 15.1. The van der Waals surface area contributed by atoms with E-state index < -0.39 is 24.1 Å². The summed E-state index contributed by atoms with van der Waals surface area (Å²) >= 11 is 0. The number of piperidine rings is 1. The van der Waals surface area contributed by atoms with Crippen molar-refractivity contribution in [2.45, 2.75) is 32.2 Å². The van der Waals surface area contributed by atoms with Gasteiger partial charge in [-0.3, -0.25) is 0 Å². The number of carbonyl (C=O) groups is 3. The third kappa shape index (κ3) is 4.60. The predicted molar refractivity (Wildman–Crippen MR) is 70.1 cm³/mol. The standard InChI is InChI=1S/C12H21N3O5/c1-2-8-3-5-15(9(7-8)10(16)17)12(19)14-4-6-20-11(13)18/h8-9H,2-7H2,1H3,(H2,13,18)(H,14,19)(H,16,17). The number of ether oxygens (including phenoxy) is 1. The van der Waals surface area contributed by atoms with Crippen molar-refractivity contribution in [3.63, 3.8) is 0 Å². The van der Waals surface area contributed by atoms with Gasteiger partial charge in [-0.1, -0.05) is 13.3 Å². The first kappa shape index (κ1) is 16.1. The molecule has 20 heavy (non-hydrogen) atoms. The molecule has 0 aromatic heterocycles. The Morgan fingerprint density at radius 1 is 1.45 bits per heavy atom. The Morgan fingerprint density at radius 3 is 2.70 bits per heavy atom. The normalized spacial score (nSPS) is 22.1. The lowest BCUT2D eigenvalue weighted by Gasteiger charge is -2.36. The number of aliphatic carboxylic acids is 1. The lowest BCUT2D eigenvalue weighted by Crippen LogP contribution is -2.53. The van der Waals surface area contributed by atoms with Crippen LogP contribution in [-0.4, -0.2) is 53.8 Å². The van der Waals surface area contributed by atoms with Crippen LogP contribution in [0.3, 0.4) is 0 Å². The third-order valence-electron chi connectivity index (χ3n) is 3.46. The van der Waals surface area contributed by atoms with Crippen molar-refractivity contribution in [2.24, 2.45) is 11.7 Å². The van der Waals surface area contributed by atoms with Crippen LogP contribution in [0.1, 0.15) is 26.2 Å². The Bertz CT molecular complexity index is 374. The number of rotatable bonds is 5. The van der Waals surface area contributed by atoms with Crippen LogP contribution in [-0.2, 0) is 9.53 Å². The maximum atomic E-state index is 11.9. The van der Waals surface area contributed by atoms with Crippen LogP contribution >= 0.6 is 0 Å². The highest BCUT2D eigenvalue weighted by molar-refractivity contribution is 5.82. The molecule has 0 radical (unpaired) electrons. The molecule has 8 nitrogen and oxygen atoms in total. The zero-order valence-electron chi connectivity index (χ0n) is 11.5. The number of primary amides is 1. The summed E-state index contributed by atoms with van der Waals surface area (Å²) in [5, 5.41) is 11.7. The van der Waals surface area contributed by atoms with Crippen molar-refractivity contribution >= 4 is 18.1 Å². The van der Waals surface area contributed by atoms with E-state index in [0.717, 1.165) is 12.8 Å². The van der Waals surface area contributed by atoms with Gasteiger partial charge in [-0.15, -0.1) is 0 Å². The molecule has 1 aliphatic heterocycles. The fourth-order valence-corrected chi connectivity index (χ4v) is 2.30. The molecule has 1 fully saturated rings. The summed E-state index contributed by atoms with van der Waals surface area (Å²) in [6.45, 7) is 2.49. The predicted octanol–water partition coefficient (Wildman–Crippen LogP) is 0.367. The van der Waals surface area contributed by atoms with E-state index >= 15 is 0 Å². The van der Waals surface area contributed by atoms with Crippen molar-refractivity contribution in [1.29, 1.82) is 0 Å². The number of hydrogen-bond donors (Lipinski definition) is 3. The summed E-state index contributed by atoms with van der Waals surface area (Å²) in [5.41, 5.74) is 4.78. The smallest absolute Gasteiger partial charge is 0.404 e. The summed E-state index contributed by atoms with van der Waals surface area (Å²) < 4.78 is 4.48. The zero-order valence-corrected chi connectivity index (χ0v) is 11.5. The van der Waals surface area contributed by atoms with Crippen molar-refractivity contribution in [3.05, 3.63) is 0 Å². The fourth-order valence-electron chi connectivity index (χ4n) is 2.30. The van der Waals surface area contributed by atoms with E-state index in [1.165, 1.54) is 4.90 Å². The summed E-state index contributed by atoms with van der Waals surface area (Å²) in [4.78, 5) is 34.8. The fraction of sp³-hybridized carbons (Fsp3) is 0.750. The summed E-state index contributed by atoms with van der Waals surface area (Å²) in [5.74, 6) is -0.662. The number of nitrogens with zero attached hydrogens (tertiary/aromatic N) is 1. The molecule has 8 heteroatoms. The molecule has 2 unspecified atom stereocenters. The Morgan fingerprint density at radius 2 is 2.15 bits per heavy atom. The molecule has 1 saturated heterocycles. The quantitative estimate of drug-likeness (QED) is 0.630. The Hall–Kier alpha value is -1.99. The average molecular weight is 287 g/mol. The van der Waals surface area contributed by atoms with Crippen LogP contribution in [0.5, 0.6) is 0 Å². The topological polar surface area (TPSA) is 122 Å². The highest BCUT2D eigenvalue weighted by Crippen LogP contribution is 2.25. The minimum atomic E-state index is -0.994. The second-order valence-electron chi connectivity index (χ2n) is 4.75.